The molecular formula is C42H26N4. The molecule has 0 aliphatic heterocycles. The van der Waals surface area contributed by atoms with Gasteiger partial charge in [-0.25, -0.2) is 0 Å². The second-order valence-corrected chi connectivity index (χ2v) is 11.2. The van der Waals surface area contributed by atoms with E-state index in [1.54, 1.807) is 0 Å². The van der Waals surface area contributed by atoms with Gasteiger partial charge >= 0.3 is 0 Å². The van der Waals surface area contributed by atoms with Gasteiger partial charge in [0, 0.05) is 22.1 Å². The lowest BCUT2D eigenvalue weighted by Gasteiger charge is -2.30. The Bertz CT molecular complexity index is 2280. The van der Waals surface area contributed by atoms with Gasteiger partial charge in [-0.3, -0.25) is 0 Å². The molecule has 46 heavy (non-hydrogen) atoms. The smallest absolute Gasteiger partial charge is 0.101 e. The molecule has 0 bridgehead atoms. The van der Waals surface area contributed by atoms with E-state index in [0.29, 0.717) is 11.1 Å². The van der Waals surface area contributed by atoms with Crippen LogP contribution in [0.1, 0.15) is 11.1 Å². The van der Waals surface area contributed by atoms with Crippen LogP contribution in [0.15, 0.2) is 158 Å². The first kappa shape index (κ1) is 27.0. The Morgan fingerprint density at radius 3 is 1.13 bits per heavy atom. The van der Waals surface area contributed by atoms with Gasteiger partial charge in [-0.1, -0.05) is 97.1 Å². The van der Waals surface area contributed by atoms with E-state index in [2.05, 4.69) is 94.7 Å². The van der Waals surface area contributed by atoms with Crippen molar-refractivity contribution in [3.63, 3.8) is 0 Å². The highest BCUT2D eigenvalue weighted by molar-refractivity contribution is 6.28. The Balaban J connectivity index is 1.44. The second kappa shape index (κ2) is 11.1. The summed E-state index contributed by atoms with van der Waals surface area (Å²) in [6.45, 7) is 0. The largest absolute Gasteiger partial charge is 0.309 e. The molecular weight excluding hydrogens is 560 g/mol. The van der Waals surface area contributed by atoms with Gasteiger partial charge in [0.2, 0.25) is 0 Å². The maximum absolute atomic E-state index is 10.1. The summed E-state index contributed by atoms with van der Waals surface area (Å²) in [6, 6.07) is 58.2. The molecule has 214 valence electrons. The molecule has 0 amide bonds. The van der Waals surface area contributed by atoms with Crippen molar-refractivity contribution in [3.8, 4) is 12.1 Å². The zero-order chi connectivity index (χ0) is 31.0. The molecule has 0 atom stereocenters. The summed E-state index contributed by atoms with van der Waals surface area (Å²) in [7, 11) is 0. The standard InChI is InChI=1S/C42H26N4/c43-27-31-11-7-9-17-37(31)45(33-13-3-1-4-14-33)39-25-21-29-20-24-36-40(26-22-30-19-23-35(39)41(29)42(30)36)46(34-15-5-2-6-16-34)38-18-10-8-12-32(38)28-44/h1-26H. The van der Waals surface area contributed by atoms with Gasteiger partial charge in [-0.2, -0.15) is 10.5 Å². The molecule has 0 spiro atoms. The van der Waals surface area contributed by atoms with Gasteiger partial charge in [0.05, 0.1) is 33.9 Å². The number of hydrogen-bond donors (Lipinski definition) is 0. The monoisotopic (exact) mass is 586 g/mol. The van der Waals surface area contributed by atoms with Gasteiger partial charge in [0.1, 0.15) is 12.1 Å². The van der Waals surface area contributed by atoms with Crippen molar-refractivity contribution >= 4 is 66.4 Å². The SMILES string of the molecule is N#Cc1ccccc1N(c1ccccc1)c1ccc2ccc3c(N(c4ccccc4)c4ccccc4C#N)ccc4ccc1c2c43. The molecule has 0 fully saturated rings. The molecule has 0 aromatic heterocycles. The lowest BCUT2D eigenvalue weighted by atomic mass is 9.91. The van der Waals surface area contributed by atoms with Crippen LogP contribution in [-0.2, 0) is 0 Å². The summed E-state index contributed by atoms with van der Waals surface area (Å²) in [5.74, 6) is 0. The molecule has 8 rings (SSSR count). The molecule has 0 heterocycles. The van der Waals surface area contributed by atoms with Gasteiger partial charge in [-0.15, -0.1) is 0 Å². The van der Waals surface area contributed by atoms with Crippen LogP contribution in [0.3, 0.4) is 0 Å². The number of para-hydroxylation sites is 4. The van der Waals surface area contributed by atoms with E-state index in [0.717, 1.165) is 66.4 Å². The zero-order valence-corrected chi connectivity index (χ0v) is 24.8. The van der Waals surface area contributed by atoms with E-state index in [9.17, 15) is 10.5 Å². The molecule has 4 heteroatoms. The van der Waals surface area contributed by atoms with Crippen LogP contribution in [0.5, 0.6) is 0 Å². The van der Waals surface area contributed by atoms with Crippen molar-refractivity contribution in [2.24, 2.45) is 0 Å². The highest BCUT2D eigenvalue weighted by Crippen LogP contribution is 2.48. The lowest BCUT2D eigenvalue weighted by molar-refractivity contribution is 1.28. The molecule has 0 radical (unpaired) electrons. The van der Waals surface area contributed by atoms with Crippen LogP contribution in [-0.4, -0.2) is 0 Å². The fourth-order valence-corrected chi connectivity index (χ4v) is 6.66. The third kappa shape index (κ3) is 4.29. The molecule has 0 N–H and O–H groups in total. The summed E-state index contributed by atoms with van der Waals surface area (Å²) in [6.07, 6.45) is 0. The van der Waals surface area contributed by atoms with Gasteiger partial charge in [-0.05, 0) is 82.2 Å². The number of hydrogen-bond acceptors (Lipinski definition) is 4. The Morgan fingerprint density at radius 1 is 0.348 bits per heavy atom. The number of anilines is 6. The first-order chi connectivity index (χ1) is 22.8. The van der Waals surface area contributed by atoms with Crippen molar-refractivity contribution in [1.82, 2.24) is 0 Å². The van der Waals surface area contributed by atoms with Crippen molar-refractivity contribution in [2.45, 2.75) is 0 Å². The molecule has 0 saturated carbocycles. The summed E-state index contributed by atoms with van der Waals surface area (Å²) < 4.78 is 0. The molecule has 0 saturated heterocycles. The molecule has 0 unspecified atom stereocenters. The quantitative estimate of drug-likeness (QED) is 0.182. The van der Waals surface area contributed by atoms with Crippen LogP contribution in [0.25, 0.3) is 32.3 Å². The van der Waals surface area contributed by atoms with Gasteiger partial charge in [0.15, 0.2) is 0 Å². The number of nitriles is 2. The summed E-state index contributed by atoms with van der Waals surface area (Å²) in [4.78, 5) is 4.37. The van der Waals surface area contributed by atoms with Crippen LogP contribution >= 0.6 is 0 Å². The third-order valence-corrected chi connectivity index (χ3v) is 8.66. The molecule has 8 aromatic carbocycles. The van der Waals surface area contributed by atoms with E-state index in [1.807, 2.05) is 84.9 Å². The predicted molar refractivity (Wildman–Crippen MR) is 189 cm³/mol. The first-order valence-electron chi connectivity index (χ1n) is 15.2. The number of rotatable bonds is 6. The minimum absolute atomic E-state index is 0.606. The Hall–Kier alpha value is -6.62. The van der Waals surface area contributed by atoms with Crippen molar-refractivity contribution in [3.05, 3.63) is 169 Å². The zero-order valence-electron chi connectivity index (χ0n) is 24.8. The summed E-state index contributed by atoms with van der Waals surface area (Å²) in [5.41, 5.74) is 6.81. The lowest BCUT2D eigenvalue weighted by Crippen LogP contribution is -2.13. The maximum atomic E-state index is 10.1. The molecule has 4 nitrogen and oxygen atoms in total. The Labute approximate surface area is 267 Å². The van der Waals surface area contributed by atoms with Gasteiger partial charge in [0.25, 0.3) is 0 Å². The fraction of sp³-hybridized carbons (Fsp3) is 0. The average molecular weight is 587 g/mol. The van der Waals surface area contributed by atoms with Crippen LogP contribution < -0.4 is 9.80 Å². The van der Waals surface area contributed by atoms with E-state index >= 15 is 0 Å². The van der Waals surface area contributed by atoms with Crippen LogP contribution in [0.4, 0.5) is 34.1 Å². The fourth-order valence-electron chi connectivity index (χ4n) is 6.66. The van der Waals surface area contributed by atoms with E-state index in [-0.39, 0.29) is 0 Å². The average Bonchev–Trinajstić information content (AvgIpc) is 3.13. The minimum Gasteiger partial charge on any atom is -0.309 e. The first-order valence-corrected chi connectivity index (χ1v) is 15.2. The molecule has 0 aliphatic rings. The molecule has 0 aliphatic carbocycles. The maximum Gasteiger partial charge on any atom is 0.101 e. The Morgan fingerprint density at radius 2 is 0.717 bits per heavy atom. The summed E-state index contributed by atoms with van der Waals surface area (Å²) in [5, 5.41) is 27.0. The minimum atomic E-state index is 0.606. The van der Waals surface area contributed by atoms with E-state index in [1.165, 1.54) is 0 Å². The van der Waals surface area contributed by atoms with Crippen LogP contribution in [0.2, 0.25) is 0 Å². The van der Waals surface area contributed by atoms with Gasteiger partial charge < -0.3 is 9.80 Å². The van der Waals surface area contributed by atoms with Crippen molar-refractivity contribution < 1.29 is 0 Å². The van der Waals surface area contributed by atoms with Crippen molar-refractivity contribution in [2.75, 3.05) is 9.80 Å². The second-order valence-electron chi connectivity index (χ2n) is 11.2. The third-order valence-electron chi connectivity index (χ3n) is 8.66. The predicted octanol–water partition coefficient (Wildman–Crippen LogP) is 11.3. The Kier molecular flexibility index (Phi) is 6.53. The highest BCUT2D eigenvalue weighted by atomic mass is 15.2. The van der Waals surface area contributed by atoms with Crippen molar-refractivity contribution in [1.29, 1.82) is 10.5 Å². The number of nitrogens with zero attached hydrogens (tertiary/aromatic N) is 4. The van der Waals surface area contributed by atoms with E-state index < -0.39 is 0 Å². The normalized spacial score (nSPS) is 11.0. The summed E-state index contributed by atoms with van der Waals surface area (Å²) >= 11 is 0. The molecule has 8 aromatic rings. The van der Waals surface area contributed by atoms with E-state index in [4.69, 9.17) is 0 Å². The highest BCUT2D eigenvalue weighted by Gasteiger charge is 2.23. The topological polar surface area (TPSA) is 54.1 Å². The van der Waals surface area contributed by atoms with Crippen LogP contribution in [0, 0.1) is 22.7 Å². The number of benzene rings is 8.